The minimum Gasteiger partial charge on any atom is -0.449 e. The summed E-state index contributed by atoms with van der Waals surface area (Å²) in [6.45, 7) is 6.74. The van der Waals surface area contributed by atoms with Crippen molar-refractivity contribution in [1.82, 2.24) is 14.7 Å². The van der Waals surface area contributed by atoms with Gasteiger partial charge in [0, 0.05) is 38.5 Å². The van der Waals surface area contributed by atoms with Crippen LogP contribution in [0.25, 0.3) is 0 Å². The quantitative estimate of drug-likeness (QED) is 0.447. The third-order valence-corrected chi connectivity index (χ3v) is 8.37. The van der Waals surface area contributed by atoms with Gasteiger partial charge in [-0.05, 0) is 68.8 Å². The van der Waals surface area contributed by atoms with Crippen LogP contribution in [0.15, 0.2) is 18.2 Å². The third-order valence-electron chi connectivity index (χ3n) is 7.63. The highest BCUT2D eigenvalue weighted by atomic mass is 35.5. The molecule has 2 aliphatic heterocycles. The first-order valence-corrected chi connectivity index (χ1v) is 13.5. The Morgan fingerprint density at radius 2 is 1.82 bits per heavy atom. The van der Waals surface area contributed by atoms with Gasteiger partial charge in [-0.2, -0.15) is 0 Å². The summed E-state index contributed by atoms with van der Waals surface area (Å²) >= 11 is 12.5. The van der Waals surface area contributed by atoms with Crippen LogP contribution in [-0.4, -0.2) is 79.1 Å². The van der Waals surface area contributed by atoms with Gasteiger partial charge in [0.05, 0.1) is 22.7 Å². The van der Waals surface area contributed by atoms with E-state index in [-0.39, 0.29) is 29.9 Å². The molecule has 0 N–H and O–H groups in total. The lowest BCUT2D eigenvalue weighted by atomic mass is 9.93. The van der Waals surface area contributed by atoms with Crippen LogP contribution < -0.4 is 0 Å². The molecular weight excluding hydrogens is 473 g/mol. The third kappa shape index (κ3) is 6.19. The molecule has 0 spiro atoms. The number of ether oxygens (including phenoxy) is 1. The zero-order valence-corrected chi connectivity index (χ0v) is 21.9. The first-order valence-electron chi connectivity index (χ1n) is 12.7. The summed E-state index contributed by atoms with van der Waals surface area (Å²) in [6.07, 6.45) is 6.01. The van der Waals surface area contributed by atoms with Gasteiger partial charge in [-0.1, -0.05) is 42.6 Å². The highest BCUT2D eigenvalue weighted by Crippen LogP contribution is 2.36. The van der Waals surface area contributed by atoms with Crippen LogP contribution in [-0.2, 0) is 9.53 Å². The second-order valence-corrected chi connectivity index (χ2v) is 11.0. The largest absolute Gasteiger partial charge is 0.449 e. The Kier molecular flexibility index (Phi) is 8.65. The van der Waals surface area contributed by atoms with E-state index in [1.54, 1.807) is 18.0 Å². The average Bonchev–Trinajstić information content (AvgIpc) is 3.54. The van der Waals surface area contributed by atoms with Gasteiger partial charge in [0.15, 0.2) is 0 Å². The molecule has 2 saturated heterocycles. The number of carbonyl (C=O) groups is 2. The van der Waals surface area contributed by atoms with E-state index in [0.717, 1.165) is 50.3 Å². The zero-order chi connectivity index (χ0) is 24.2. The number of likely N-dealkylation sites (tertiary alicyclic amines) is 2. The Balaban J connectivity index is 1.44. The van der Waals surface area contributed by atoms with Crippen LogP contribution in [0.5, 0.6) is 0 Å². The maximum atomic E-state index is 13.5. The van der Waals surface area contributed by atoms with Gasteiger partial charge in [0.1, 0.15) is 0 Å². The number of carbonyl (C=O) groups excluding carboxylic acids is 2. The summed E-state index contributed by atoms with van der Waals surface area (Å²) in [5.41, 5.74) is 0.988. The normalized spacial score (nSPS) is 23.8. The lowest BCUT2D eigenvalue weighted by Gasteiger charge is -2.33. The van der Waals surface area contributed by atoms with Crippen molar-refractivity contribution in [3.05, 3.63) is 33.8 Å². The average molecular weight is 511 g/mol. The fourth-order valence-electron chi connectivity index (χ4n) is 5.26. The minimum atomic E-state index is -0.341. The van der Waals surface area contributed by atoms with E-state index in [1.165, 1.54) is 19.4 Å². The number of unbranched alkanes of at least 4 members (excludes halogenated alkanes) is 1. The predicted octanol–water partition coefficient (Wildman–Crippen LogP) is 5.28. The molecule has 2 unspecified atom stereocenters. The van der Waals surface area contributed by atoms with Crippen LogP contribution in [0.1, 0.15) is 56.9 Å². The number of hydrogen-bond acceptors (Lipinski definition) is 4. The number of hydrogen-bond donors (Lipinski definition) is 0. The summed E-state index contributed by atoms with van der Waals surface area (Å²) in [5, 5.41) is 0.983. The molecule has 3 fully saturated rings. The molecule has 188 valence electrons. The van der Waals surface area contributed by atoms with E-state index in [9.17, 15) is 9.59 Å². The Morgan fingerprint density at radius 3 is 2.47 bits per heavy atom. The van der Waals surface area contributed by atoms with E-state index < -0.39 is 0 Å². The summed E-state index contributed by atoms with van der Waals surface area (Å²) in [4.78, 5) is 32.4. The van der Waals surface area contributed by atoms with Crippen LogP contribution in [0.3, 0.4) is 0 Å². The second kappa shape index (κ2) is 11.5. The van der Waals surface area contributed by atoms with Crippen molar-refractivity contribution in [2.24, 2.45) is 11.8 Å². The van der Waals surface area contributed by atoms with Crippen LogP contribution >= 0.6 is 23.2 Å². The Hall–Kier alpha value is -1.50. The van der Waals surface area contributed by atoms with Gasteiger partial charge in [0.2, 0.25) is 5.91 Å². The number of rotatable bonds is 8. The van der Waals surface area contributed by atoms with Crippen molar-refractivity contribution < 1.29 is 14.3 Å². The maximum absolute atomic E-state index is 13.5. The molecule has 2 atom stereocenters. The first-order chi connectivity index (χ1) is 16.4. The van der Waals surface area contributed by atoms with Gasteiger partial charge >= 0.3 is 6.09 Å². The van der Waals surface area contributed by atoms with Crippen molar-refractivity contribution >= 4 is 35.2 Å². The van der Waals surface area contributed by atoms with Crippen molar-refractivity contribution in [3.8, 4) is 0 Å². The van der Waals surface area contributed by atoms with E-state index >= 15 is 0 Å². The van der Waals surface area contributed by atoms with Gasteiger partial charge in [-0.15, -0.1) is 0 Å². The van der Waals surface area contributed by atoms with Crippen molar-refractivity contribution in [2.75, 3.05) is 46.4 Å². The fraction of sp³-hybridized carbons (Fsp3) is 0.692. The topological polar surface area (TPSA) is 53.1 Å². The predicted molar refractivity (Wildman–Crippen MR) is 135 cm³/mol. The number of piperidine rings is 1. The van der Waals surface area contributed by atoms with Crippen LogP contribution in [0, 0.1) is 11.8 Å². The molecule has 3 aliphatic rings. The van der Waals surface area contributed by atoms with Crippen LogP contribution in [0.4, 0.5) is 4.79 Å². The molecule has 4 rings (SSSR count). The molecule has 2 heterocycles. The van der Waals surface area contributed by atoms with Crippen LogP contribution in [0.2, 0.25) is 10.0 Å². The lowest BCUT2D eigenvalue weighted by Crippen LogP contribution is -2.44. The monoisotopic (exact) mass is 509 g/mol. The molecule has 6 nitrogen and oxygen atoms in total. The molecule has 1 aromatic rings. The molecule has 0 bridgehead atoms. The molecule has 1 saturated carbocycles. The van der Waals surface area contributed by atoms with E-state index in [2.05, 4.69) is 11.8 Å². The molecule has 0 radical (unpaired) electrons. The Labute approximate surface area is 213 Å². The maximum Gasteiger partial charge on any atom is 0.409 e. The Bertz CT molecular complexity index is 871. The van der Waals surface area contributed by atoms with Gasteiger partial charge in [-0.3, -0.25) is 4.79 Å². The van der Waals surface area contributed by atoms with Gasteiger partial charge in [-0.25, -0.2) is 4.79 Å². The van der Waals surface area contributed by atoms with E-state index in [4.69, 9.17) is 27.9 Å². The Morgan fingerprint density at radius 1 is 1.09 bits per heavy atom. The highest BCUT2D eigenvalue weighted by molar-refractivity contribution is 6.42. The van der Waals surface area contributed by atoms with E-state index in [1.807, 2.05) is 17.0 Å². The lowest BCUT2D eigenvalue weighted by molar-refractivity contribution is -0.136. The second-order valence-electron chi connectivity index (χ2n) is 10.2. The summed E-state index contributed by atoms with van der Waals surface area (Å²) in [7, 11) is 1.77. The molecule has 34 heavy (non-hydrogen) atoms. The molecule has 1 aromatic carbocycles. The zero-order valence-electron chi connectivity index (χ0n) is 20.3. The summed E-state index contributed by atoms with van der Waals surface area (Å²) < 4.78 is 5.48. The fourth-order valence-corrected chi connectivity index (χ4v) is 5.56. The number of amides is 2. The van der Waals surface area contributed by atoms with Gasteiger partial charge < -0.3 is 19.4 Å². The number of nitrogens with zero attached hydrogens (tertiary/aromatic N) is 3. The molecule has 0 aromatic heterocycles. The van der Waals surface area contributed by atoms with Crippen molar-refractivity contribution in [1.29, 1.82) is 0 Å². The highest BCUT2D eigenvalue weighted by Gasteiger charge is 2.42. The standard InChI is InChI=1S/C26H37Cl2N3O3/c1-3-4-13-34-26(33)29(2)24-17-31(16-21(24)20-7-8-22(27)23(28)14-20)25(32)19-9-11-30(12-10-19)15-18-5-6-18/h7-8,14,18-19,21,24H,3-6,9-13,15-17H2,1-2H3. The molecule has 8 heteroatoms. The number of likely N-dealkylation sites (N-methyl/N-ethyl adjacent to an activating group) is 1. The summed E-state index contributed by atoms with van der Waals surface area (Å²) in [6, 6.07) is 5.43. The van der Waals surface area contributed by atoms with Crippen molar-refractivity contribution in [3.63, 3.8) is 0 Å². The smallest absolute Gasteiger partial charge is 0.409 e. The SMILES string of the molecule is CCCCOC(=O)N(C)C1CN(C(=O)C2CCN(CC3CC3)CC2)CC1c1ccc(Cl)c(Cl)c1. The van der Waals surface area contributed by atoms with E-state index in [0.29, 0.717) is 29.7 Å². The summed E-state index contributed by atoms with van der Waals surface area (Å²) in [5.74, 6) is 1.11. The first kappa shape index (κ1) is 25.6. The van der Waals surface area contributed by atoms with Gasteiger partial charge in [0.25, 0.3) is 0 Å². The molecule has 2 amide bonds. The molecule has 1 aliphatic carbocycles. The van der Waals surface area contributed by atoms with Crippen molar-refractivity contribution in [2.45, 2.75) is 57.4 Å². The molecular formula is C26H37Cl2N3O3. The number of halogens is 2. The minimum absolute atomic E-state index is 0.0441. The number of benzene rings is 1.